The number of aliphatic carboxylic acids is 1. The molecule has 0 amide bonds. The van der Waals surface area contributed by atoms with Crippen LogP contribution in [0.4, 0.5) is 0 Å². The summed E-state index contributed by atoms with van der Waals surface area (Å²) in [6, 6.07) is 17.5. The number of hydrogen-bond acceptors (Lipinski definition) is 6. The summed E-state index contributed by atoms with van der Waals surface area (Å²) in [5, 5.41) is 17.4. The van der Waals surface area contributed by atoms with E-state index in [-0.39, 0.29) is 15.8 Å². The second kappa shape index (κ2) is 9.25. The van der Waals surface area contributed by atoms with Crippen molar-refractivity contribution in [3.63, 3.8) is 0 Å². The van der Waals surface area contributed by atoms with E-state index in [9.17, 15) is 14.7 Å². The number of Topliss-reactive ketones (excluding diaryl/α,β-unsaturated/α-hetero) is 1. The van der Waals surface area contributed by atoms with E-state index in [4.69, 9.17) is 16.0 Å². The van der Waals surface area contributed by atoms with Crippen molar-refractivity contribution >= 4 is 41.2 Å². The number of ketones is 1. The maximum Gasteiger partial charge on any atom is 0.342 e. The maximum absolute atomic E-state index is 11.8. The second-order valence-corrected chi connectivity index (χ2v) is 8.17. The minimum Gasteiger partial charge on any atom is -0.477 e. The van der Waals surface area contributed by atoms with Gasteiger partial charge >= 0.3 is 5.97 Å². The molecule has 4 rings (SSSR count). The number of aromatic amines is 1. The predicted octanol–water partition coefficient (Wildman–Crippen LogP) is 5.81. The van der Waals surface area contributed by atoms with Crippen molar-refractivity contribution in [3.8, 4) is 22.7 Å². The lowest BCUT2D eigenvalue weighted by molar-refractivity contribution is -0.131. The molecule has 0 fully saturated rings. The van der Waals surface area contributed by atoms with Crippen molar-refractivity contribution in [2.24, 2.45) is 0 Å². The summed E-state index contributed by atoms with van der Waals surface area (Å²) in [5.74, 6) is 0.284. The number of carboxylic acids is 1. The number of carboxylic acid groups (broad SMARTS) is 1. The summed E-state index contributed by atoms with van der Waals surface area (Å²) < 4.78 is 5.78. The quantitative estimate of drug-likeness (QED) is 0.201. The van der Waals surface area contributed by atoms with Gasteiger partial charge in [0.25, 0.3) is 0 Å². The second-order valence-electron chi connectivity index (χ2n) is 6.72. The van der Waals surface area contributed by atoms with Gasteiger partial charge in [-0.2, -0.15) is 0 Å². The van der Waals surface area contributed by atoms with E-state index >= 15 is 0 Å². The van der Waals surface area contributed by atoms with Crippen LogP contribution in [0.1, 0.15) is 23.0 Å². The Morgan fingerprint density at radius 2 is 1.72 bits per heavy atom. The highest BCUT2D eigenvalue weighted by molar-refractivity contribution is 8.04. The van der Waals surface area contributed by atoms with Gasteiger partial charge in [-0.15, -0.1) is 5.10 Å². The monoisotopic (exact) mass is 465 g/mol. The SMILES string of the molecule is CC(=O)c1ccc(-c2ccc(/C=C(\Sc3n[nH]c(-c4ccc(Cl)cc4)n3)C(=O)O)o2)cc1. The lowest BCUT2D eigenvalue weighted by Gasteiger charge is -2.00. The normalized spacial score (nSPS) is 11.5. The Morgan fingerprint density at radius 3 is 2.38 bits per heavy atom. The zero-order valence-corrected chi connectivity index (χ0v) is 18.3. The summed E-state index contributed by atoms with van der Waals surface area (Å²) in [5.41, 5.74) is 2.16. The number of carbonyl (C=O) groups is 2. The first-order valence-electron chi connectivity index (χ1n) is 9.41. The molecule has 0 bridgehead atoms. The van der Waals surface area contributed by atoms with E-state index < -0.39 is 5.97 Å². The molecule has 32 heavy (non-hydrogen) atoms. The number of hydrogen-bond donors (Lipinski definition) is 2. The Balaban J connectivity index is 1.53. The highest BCUT2D eigenvalue weighted by Gasteiger charge is 2.16. The molecule has 0 aliphatic rings. The first-order chi connectivity index (χ1) is 15.4. The summed E-state index contributed by atoms with van der Waals surface area (Å²) in [7, 11) is 0. The molecule has 2 aromatic heterocycles. The number of furan rings is 1. The zero-order valence-electron chi connectivity index (χ0n) is 16.7. The molecule has 2 N–H and O–H groups in total. The van der Waals surface area contributed by atoms with E-state index in [2.05, 4.69) is 15.2 Å². The molecule has 160 valence electrons. The largest absolute Gasteiger partial charge is 0.477 e. The van der Waals surface area contributed by atoms with E-state index in [1.807, 2.05) is 0 Å². The van der Waals surface area contributed by atoms with Gasteiger partial charge in [0.05, 0.1) is 0 Å². The molecule has 2 heterocycles. The number of carbonyl (C=O) groups excluding carboxylic acids is 1. The molecule has 0 saturated heterocycles. The minimum absolute atomic E-state index is 0.000478. The van der Waals surface area contributed by atoms with Crippen LogP contribution in [0.2, 0.25) is 5.02 Å². The molecule has 4 aromatic rings. The summed E-state index contributed by atoms with van der Waals surface area (Å²) in [6.45, 7) is 1.50. The third kappa shape index (κ3) is 4.99. The maximum atomic E-state index is 11.8. The van der Waals surface area contributed by atoms with E-state index in [1.165, 1.54) is 13.0 Å². The minimum atomic E-state index is -1.13. The number of rotatable bonds is 7. The van der Waals surface area contributed by atoms with Crippen LogP contribution in [0.5, 0.6) is 0 Å². The van der Waals surface area contributed by atoms with Crippen molar-refractivity contribution in [2.45, 2.75) is 12.1 Å². The third-order valence-electron chi connectivity index (χ3n) is 4.47. The standard InChI is InChI=1S/C23H16ClN3O4S/c1-13(28)14-2-4-15(5-3-14)19-11-10-18(31-19)12-20(22(29)30)32-23-25-21(26-27-23)16-6-8-17(24)9-7-16/h2-12H,1H3,(H,29,30)(H,25,26,27)/b20-12-. The molecule has 0 unspecified atom stereocenters. The fraction of sp³-hybridized carbons (Fsp3) is 0.0435. The first-order valence-corrected chi connectivity index (χ1v) is 10.6. The molecular weight excluding hydrogens is 450 g/mol. The van der Waals surface area contributed by atoms with Gasteiger partial charge < -0.3 is 9.52 Å². The van der Waals surface area contributed by atoms with Gasteiger partial charge in [-0.1, -0.05) is 35.9 Å². The Kier molecular flexibility index (Phi) is 6.25. The van der Waals surface area contributed by atoms with Crippen molar-refractivity contribution in [1.82, 2.24) is 15.2 Å². The van der Waals surface area contributed by atoms with Crippen LogP contribution in [-0.2, 0) is 4.79 Å². The number of thioether (sulfide) groups is 1. The fourth-order valence-electron chi connectivity index (χ4n) is 2.85. The van der Waals surface area contributed by atoms with E-state index in [0.29, 0.717) is 27.9 Å². The molecule has 9 heteroatoms. The molecule has 0 atom stereocenters. The zero-order chi connectivity index (χ0) is 22.7. The van der Waals surface area contributed by atoms with Crippen molar-refractivity contribution in [3.05, 3.63) is 81.9 Å². The van der Waals surface area contributed by atoms with E-state index in [0.717, 1.165) is 22.9 Å². The molecule has 0 aliphatic heterocycles. The molecule has 0 saturated carbocycles. The van der Waals surface area contributed by atoms with Crippen molar-refractivity contribution < 1.29 is 19.1 Å². The number of aromatic nitrogens is 3. The van der Waals surface area contributed by atoms with Gasteiger partial charge in [0, 0.05) is 27.8 Å². The Morgan fingerprint density at radius 1 is 1.03 bits per heavy atom. The van der Waals surface area contributed by atoms with Gasteiger partial charge in [-0.25, -0.2) is 9.78 Å². The number of H-pyrrole nitrogens is 1. The van der Waals surface area contributed by atoms with Crippen LogP contribution in [0, 0.1) is 0 Å². The van der Waals surface area contributed by atoms with Crippen LogP contribution in [0.3, 0.4) is 0 Å². The fourth-order valence-corrected chi connectivity index (χ4v) is 3.66. The molecule has 2 aromatic carbocycles. The third-order valence-corrected chi connectivity index (χ3v) is 5.60. The predicted molar refractivity (Wildman–Crippen MR) is 122 cm³/mol. The van der Waals surface area contributed by atoms with Crippen LogP contribution < -0.4 is 0 Å². The lowest BCUT2D eigenvalue weighted by Crippen LogP contribution is -1.97. The smallest absolute Gasteiger partial charge is 0.342 e. The van der Waals surface area contributed by atoms with Crippen molar-refractivity contribution in [1.29, 1.82) is 0 Å². The van der Waals surface area contributed by atoms with Gasteiger partial charge in [0.2, 0.25) is 5.16 Å². The number of benzene rings is 2. The molecule has 0 radical (unpaired) electrons. The highest BCUT2D eigenvalue weighted by atomic mass is 35.5. The van der Waals surface area contributed by atoms with Gasteiger partial charge in [0.1, 0.15) is 16.4 Å². The van der Waals surface area contributed by atoms with Gasteiger partial charge in [-0.3, -0.25) is 9.89 Å². The van der Waals surface area contributed by atoms with E-state index in [1.54, 1.807) is 60.7 Å². The van der Waals surface area contributed by atoms with Gasteiger partial charge in [0.15, 0.2) is 11.6 Å². The van der Waals surface area contributed by atoms with Crippen LogP contribution >= 0.6 is 23.4 Å². The number of halogens is 1. The summed E-state index contributed by atoms with van der Waals surface area (Å²) in [4.78, 5) is 27.5. The van der Waals surface area contributed by atoms with Crippen molar-refractivity contribution in [2.75, 3.05) is 0 Å². The molecule has 0 spiro atoms. The average Bonchev–Trinajstić information content (AvgIpc) is 3.44. The number of nitrogens with one attached hydrogen (secondary N) is 1. The summed E-state index contributed by atoms with van der Waals surface area (Å²) in [6.07, 6.45) is 1.42. The van der Waals surface area contributed by atoms with Crippen LogP contribution in [-0.4, -0.2) is 32.0 Å². The van der Waals surface area contributed by atoms with Crippen LogP contribution in [0.15, 0.2) is 75.1 Å². The summed E-state index contributed by atoms with van der Waals surface area (Å²) >= 11 is 6.80. The van der Waals surface area contributed by atoms with Crippen LogP contribution in [0.25, 0.3) is 28.8 Å². The Hall–Kier alpha value is -3.62. The number of nitrogens with zero attached hydrogens (tertiary/aromatic N) is 2. The molecular formula is C23H16ClN3O4S. The topological polar surface area (TPSA) is 109 Å². The highest BCUT2D eigenvalue weighted by Crippen LogP contribution is 2.30. The average molecular weight is 466 g/mol. The first kappa shape index (κ1) is 21.6. The van der Waals surface area contributed by atoms with Gasteiger partial charge in [-0.05, 0) is 55.1 Å². The Labute approximate surface area is 192 Å². The lowest BCUT2D eigenvalue weighted by atomic mass is 10.1. The Bertz CT molecular complexity index is 1310. The molecule has 7 nitrogen and oxygen atoms in total. The molecule has 0 aliphatic carbocycles.